The Morgan fingerprint density at radius 2 is 1.65 bits per heavy atom. The molecule has 7 nitrogen and oxygen atoms in total. The lowest BCUT2D eigenvalue weighted by molar-refractivity contribution is -0.123. The summed E-state index contributed by atoms with van der Waals surface area (Å²) < 4.78 is 17.2. The molecule has 0 unspecified atom stereocenters. The molecule has 0 bridgehead atoms. The topological polar surface area (TPSA) is 82.0 Å². The number of carbonyl (C=O) groups is 1. The molecule has 200 valence electrons. The van der Waals surface area contributed by atoms with E-state index in [-0.39, 0.29) is 6.61 Å². The molecule has 0 aliphatic heterocycles. The van der Waals surface area contributed by atoms with E-state index in [1.54, 1.807) is 32.4 Å². The molecule has 8 heteroatoms. The van der Waals surface area contributed by atoms with Gasteiger partial charge in [-0.25, -0.2) is 10.4 Å². The van der Waals surface area contributed by atoms with Gasteiger partial charge >= 0.3 is 0 Å². The maximum Gasteiger partial charge on any atom is 0.277 e. The molecule has 0 saturated heterocycles. The molecule has 40 heavy (non-hydrogen) atoms. The number of hydrogen-bond acceptors (Lipinski definition) is 6. The van der Waals surface area contributed by atoms with Crippen LogP contribution in [0.25, 0.3) is 33.3 Å². The van der Waals surface area contributed by atoms with Crippen LogP contribution < -0.4 is 19.6 Å². The molecule has 0 aliphatic rings. The van der Waals surface area contributed by atoms with Gasteiger partial charge in [-0.2, -0.15) is 5.10 Å². The number of carbonyl (C=O) groups excluding carboxylic acids is 1. The number of ether oxygens (including phenoxy) is 3. The van der Waals surface area contributed by atoms with Crippen LogP contribution in [0.15, 0.2) is 107 Å². The fraction of sp³-hybridized carbons (Fsp3) is 0.0938. The average Bonchev–Trinajstić information content (AvgIpc) is 3.00. The number of hydrogen-bond donors (Lipinski definition) is 1. The highest BCUT2D eigenvalue weighted by Gasteiger charge is 2.11. The van der Waals surface area contributed by atoms with Crippen molar-refractivity contribution in [3.63, 3.8) is 0 Å². The van der Waals surface area contributed by atoms with Gasteiger partial charge in [-0.3, -0.25) is 4.79 Å². The molecule has 5 rings (SSSR count). The molecule has 4 aromatic carbocycles. The lowest BCUT2D eigenvalue weighted by Gasteiger charge is -2.11. The van der Waals surface area contributed by atoms with E-state index in [1.807, 2.05) is 54.6 Å². The molecule has 0 spiro atoms. The summed E-state index contributed by atoms with van der Waals surface area (Å²) in [6, 6.07) is 31.3. The number of halogens is 1. The first-order valence-corrected chi connectivity index (χ1v) is 13.3. The summed E-state index contributed by atoms with van der Waals surface area (Å²) in [7, 11) is 3.14. The van der Waals surface area contributed by atoms with Crippen LogP contribution in [-0.2, 0) is 4.79 Å². The molecule has 0 aliphatic carbocycles. The van der Waals surface area contributed by atoms with Crippen molar-refractivity contribution < 1.29 is 19.0 Å². The van der Waals surface area contributed by atoms with Gasteiger partial charge in [0, 0.05) is 21.0 Å². The van der Waals surface area contributed by atoms with Crippen LogP contribution in [0.1, 0.15) is 5.56 Å². The van der Waals surface area contributed by atoms with Gasteiger partial charge < -0.3 is 14.2 Å². The molecule has 0 atom stereocenters. The SMILES string of the molecule is COc1ccc(OC)c(C=NNC(=O)COc2ccc(-c3cc(-c4ccccc4)c4cc(Br)ccc4n3)cc2)c1. The van der Waals surface area contributed by atoms with Crippen molar-refractivity contribution in [1.29, 1.82) is 0 Å². The highest BCUT2D eigenvalue weighted by Crippen LogP contribution is 2.34. The van der Waals surface area contributed by atoms with E-state index >= 15 is 0 Å². The van der Waals surface area contributed by atoms with Crippen molar-refractivity contribution >= 4 is 39.0 Å². The van der Waals surface area contributed by atoms with Gasteiger partial charge in [0.25, 0.3) is 5.91 Å². The monoisotopic (exact) mass is 595 g/mol. The number of hydrazone groups is 1. The molecule has 0 fully saturated rings. The van der Waals surface area contributed by atoms with Crippen molar-refractivity contribution in [2.45, 2.75) is 0 Å². The minimum atomic E-state index is -0.392. The fourth-order valence-corrected chi connectivity index (χ4v) is 4.58. The van der Waals surface area contributed by atoms with Crippen molar-refractivity contribution in [2.75, 3.05) is 20.8 Å². The highest BCUT2D eigenvalue weighted by atomic mass is 79.9. The standard InChI is InChI=1S/C32H26BrN3O4/c1-38-26-13-15-31(39-2)23(16-26)19-34-36-32(37)20-40-25-11-8-22(9-12-25)30-18-27(21-6-4-3-5-7-21)28-17-24(33)10-14-29(28)35-30/h3-19H,20H2,1-2H3,(H,36,37). The summed E-state index contributed by atoms with van der Waals surface area (Å²) in [5.41, 5.74) is 8.05. The maximum absolute atomic E-state index is 12.3. The summed E-state index contributed by atoms with van der Waals surface area (Å²) in [6.07, 6.45) is 1.49. The molecular formula is C32H26BrN3O4. The summed E-state index contributed by atoms with van der Waals surface area (Å²) in [5, 5.41) is 5.08. The molecular weight excluding hydrogens is 570 g/mol. The zero-order valence-electron chi connectivity index (χ0n) is 21.9. The number of nitrogens with zero attached hydrogens (tertiary/aromatic N) is 2. The van der Waals surface area contributed by atoms with Gasteiger partial charge in [0.1, 0.15) is 17.2 Å². The lowest BCUT2D eigenvalue weighted by Crippen LogP contribution is -2.24. The highest BCUT2D eigenvalue weighted by molar-refractivity contribution is 9.10. The number of pyridine rings is 1. The van der Waals surface area contributed by atoms with Crippen molar-refractivity contribution in [3.8, 4) is 39.6 Å². The first kappa shape index (κ1) is 26.9. The van der Waals surface area contributed by atoms with E-state index in [9.17, 15) is 4.79 Å². The summed E-state index contributed by atoms with van der Waals surface area (Å²) in [4.78, 5) is 17.2. The average molecular weight is 596 g/mol. The number of amides is 1. The fourth-order valence-electron chi connectivity index (χ4n) is 4.22. The quantitative estimate of drug-likeness (QED) is 0.148. The second kappa shape index (κ2) is 12.4. The van der Waals surface area contributed by atoms with Crippen LogP contribution in [0, 0.1) is 0 Å². The third-order valence-electron chi connectivity index (χ3n) is 6.21. The number of fused-ring (bicyclic) bond motifs is 1. The van der Waals surface area contributed by atoms with Crippen LogP contribution in [-0.4, -0.2) is 37.9 Å². The smallest absolute Gasteiger partial charge is 0.277 e. The Morgan fingerprint density at radius 1 is 0.875 bits per heavy atom. The van der Waals surface area contributed by atoms with Crippen LogP contribution >= 0.6 is 15.9 Å². The molecule has 0 radical (unpaired) electrons. The second-order valence-electron chi connectivity index (χ2n) is 8.80. The number of aromatic nitrogens is 1. The van der Waals surface area contributed by atoms with Crippen LogP contribution in [0.5, 0.6) is 17.2 Å². The normalized spacial score (nSPS) is 11.0. The van der Waals surface area contributed by atoms with E-state index in [0.717, 1.165) is 37.8 Å². The Kier molecular flexibility index (Phi) is 8.37. The lowest BCUT2D eigenvalue weighted by atomic mass is 9.98. The van der Waals surface area contributed by atoms with Crippen LogP contribution in [0.2, 0.25) is 0 Å². The zero-order chi connectivity index (χ0) is 27.9. The molecule has 1 heterocycles. The zero-order valence-corrected chi connectivity index (χ0v) is 23.5. The Hall–Kier alpha value is -4.69. The van der Waals surface area contributed by atoms with Gasteiger partial charge in [-0.05, 0) is 77.9 Å². The Bertz CT molecular complexity index is 1670. The molecule has 1 amide bonds. The first-order chi connectivity index (χ1) is 19.5. The Balaban J connectivity index is 1.27. The number of benzene rings is 4. The molecule has 1 N–H and O–H groups in total. The first-order valence-electron chi connectivity index (χ1n) is 12.5. The van der Waals surface area contributed by atoms with Gasteiger partial charge in [0.15, 0.2) is 6.61 Å². The number of rotatable bonds is 9. The maximum atomic E-state index is 12.3. The van der Waals surface area contributed by atoms with E-state index in [2.05, 4.69) is 50.7 Å². The van der Waals surface area contributed by atoms with E-state index in [0.29, 0.717) is 22.8 Å². The van der Waals surface area contributed by atoms with Gasteiger partial charge in [0.05, 0.1) is 31.6 Å². The predicted molar refractivity (Wildman–Crippen MR) is 161 cm³/mol. The number of methoxy groups -OCH3 is 2. The van der Waals surface area contributed by atoms with Crippen LogP contribution in [0.3, 0.4) is 0 Å². The Morgan fingerprint density at radius 3 is 2.40 bits per heavy atom. The minimum Gasteiger partial charge on any atom is -0.497 e. The van der Waals surface area contributed by atoms with Gasteiger partial charge in [-0.15, -0.1) is 0 Å². The van der Waals surface area contributed by atoms with E-state index in [4.69, 9.17) is 19.2 Å². The summed E-state index contributed by atoms with van der Waals surface area (Å²) in [6.45, 7) is -0.187. The Labute approximate surface area is 240 Å². The van der Waals surface area contributed by atoms with Crippen LogP contribution in [0.4, 0.5) is 0 Å². The largest absolute Gasteiger partial charge is 0.497 e. The third-order valence-corrected chi connectivity index (χ3v) is 6.70. The van der Waals surface area contributed by atoms with Crippen molar-refractivity contribution in [3.05, 3.63) is 107 Å². The summed E-state index contributed by atoms with van der Waals surface area (Å²) >= 11 is 3.58. The third kappa shape index (κ3) is 6.30. The number of nitrogens with one attached hydrogen (secondary N) is 1. The van der Waals surface area contributed by atoms with E-state index in [1.165, 1.54) is 6.21 Å². The molecule has 5 aromatic rings. The summed E-state index contributed by atoms with van der Waals surface area (Å²) in [5.74, 6) is 1.44. The second-order valence-corrected chi connectivity index (χ2v) is 9.71. The van der Waals surface area contributed by atoms with Gasteiger partial charge in [-0.1, -0.05) is 46.3 Å². The van der Waals surface area contributed by atoms with Crippen molar-refractivity contribution in [1.82, 2.24) is 10.4 Å². The molecule has 0 saturated carbocycles. The van der Waals surface area contributed by atoms with Gasteiger partial charge in [0.2, 0.25) is 0 Å². The van der Waals surface area contributed by atoms with E-state index < -0.39 is 5.91 Å². The van der Waals surface area contributed by atoms with Crippen molar-refractivity contribution in [2.24, 2.45) is 5.10 Å². The minimum absolute atomic E-state index is 0.187. The predicted octanol–water partition coefficient (Wildman–Crippen LogP) is 6.88. The molecule has 1 aromatic heterocycles.